The van der Waals surface area contributed by atoms with E-state index in [1.165, 1.54) is 0 Å². The summed E-state index contributed by atoms with van der Waals surface area (Å²) in [4.78, 5) is 0. The Hall–Kier alpha value is -1.09. The molecule has 172 valence electrons. The van der Waals surface area contributed by atoms with Crippen LogP contribution in [0.15, 0.2) is 24.3 Å². The standard InChI is InChI=1S/C23H36BNO5S/c1-22(2)23(3,4)30-24(29-22)18-10-12-19(13-11-18)28-20-14-16-25(17-15-20)31(26,27)21-8-6-5-7-9-21/h10-13,20-21H,5-9,14-17H2,1-4H3. The Balaban J connectivity index is 1.30. The van der Waals surface area contributed by atoms with E-state index >= 15 is 0 Å². The van der Waals surface area contributed by atoms with Crippen LogP contribution in [-0.4, -0.2) is 55.5 Å². The number of piperidine rings is 1. The van der Waals surface area contributed by atoms with Crippen molar-refractivity contribution in [1.29, 1.82) is 0 Å². The van der Waals surface area contributed by atoms with Crippen LogP contribution >= 0.6 is 0 Å². The first-order chi connectivity index (χ1) is 14.6. The lowest BCUT2D eigenvalue weighted by atomic mass is 9.79. The predicted molar refractivity (Wildman–Crippen MR) is 123 cm³/mol. The highest BCUT2D eigenvalue weighted by Gasteiger charge is 2.51. The lowest BCUT2D eigenvalue weighted by Gasteiger charge is -2.34. The zero-order valence-electron chi connectivity index (χ0n) is 19.3. The molecule has 1 aromatic carbocycles. The summed E-state index contributed by atoms with van der Waals surface area (Å²) < 4.78 is 45.9. The minimum Gasteiger partial charge on any atom is -0.490 e. The van der Waals surface area contributed by atoms with Gasteiger partial charge in [0.15, 0.2) is 0 Å². The van der Waals surface area contributed by atoms with Crippen molar-refractivity contribution >= 4 is 22.6 Å². The molecule has 1 saturated carbocycles. The average Bonchev–Trinajstić information content (AvgIpc) is 2.97. The molecule has 1 aliphatic carbocycles. The third-order valence-corrected chi connectivity index (χ3v) is 9.84. The number of benzene rings is 1. The molecule has 8 heteroatoms. The van der Waals surface area contributed by atoms with Crippen LogP contribution in [0.25, 0.3) is 0 Å². The zero-order valence-corrected chi connectivity index (χ0v) is 20.1. The van der Waals surface area contributed by atoms with Crippen LogP contribution < -0.4 is 10.2 Å². The number of rotatable bonds is 5. The molecule has 0 radical (unpaired) electrons. The molecule has 0 unspecified atom stereocenters. The third-order valence-electron chi connectivity index (χ3n) is 7.44. The summed E-state index contributed by atoms with van der Waals surface area (Å²) >= 11 is 0. The molecule has 6 nitrogen and oxygen atoms in total. The summed E-state index contributed by atoms with van der Waals surface area (Å²) in [5.41, 5.74) is 0.247. The van der Waals surface area contributed by atoms with Crippen LogP contribution in [0.5, 0.6) is 5.75 Å². The Labute approximate surface area is 187 Å². The molecule has 0 spiro atoms. The van der Waals surface area contributed by atoms with Crippen molar-refractivity contribution in [3.63, 3.8) is 0 Å². The van der Waals surface area contributed by atoms with Gasteiger partial charge in [0.2, 0.25) is 10.0 Å². The van der Waals surface area contributed by atoms with Gasteiger partial charge in [0.1, 0.15) is 11.9 Å². The van der Waals surface area contributed by atoms with Gasteiger partial charge in [0.25, 0.3) is 0 Å². The Morgan fingerprint density at radius 2 is 1.45 bits per heavy atom. The monoisotopic (exact) mass is 449 g/mol. The molecule has 2 heterocycles. The van der Waals surface area contributed by atoms with Crippen molar-refractivity contribution in [2.45, 2.75) is 95.2 Å². The molecule has 0 bridgehead atoms. The van der Waals surface area contributed by atoms with E-state index in [2.05, 4.69) is 0 Å². The van der Waals surface area contributed by atoms with Gasteiger partial charge in [-0.3, -0.25) is 0 Å². The number of hydrogen-bond acceptors (Lipinski definition) is 5. The van der Waals surface area contributed by atoms with Gasteiger partial charge < -0.3 is 14.0 Å². The molecule has 31 heavy (non-hydrogen) atoms. The lowest BCUT2D eigenvalue weighted by molar-refractivity contribution is 0.00578. The van der Waals surface area contributed by atoms with Crippen LogP contribution in [0.2, 0.25) is 0 Å². The fourth-order valence-corrected chi connectivity index (χ4v) is 6.72. The highest BCUT2D eigenvalue weighted by Crippen LogP contribution is 2.36. The van der Waals surface area contributed by atoms with Crippen molar-refractivity contribution in [1.82, 2.24) is 4.31 Å². The van der Waals surface area contributed by atoms with Gasteiger partial charge in [-0.25, -0.2) is 12.7 Å². The maximum atomic E-state index is 12.9. The molecular formula is C23H36BNO5S. The van der Waals surface area contributed by atoms with E-state index < -0.39 is 10.0 Å². The van der Waals surface area contributed by atoms with E-state index in [9.17, 15) is 8.42 Å². The number of ether oxygens (including phenoxy) is 1. The topological polar surface area (TPSA) is 65.1 Å². The van der Waals surface area contributed by atoms with Crippen molar-refractivity contribution in [2.75, 3.05) is 13.1 Å². The fraction of sp³-hybridized carbons (Fsp3) is 0.739. The van der Waals surface area contributed by atoms with Gasteiger partial charge in [-0.15, -0.1) is 0 Å². The maximum Gasteiger partial charge on any atom is 0.494 e. The highest BCUT2D eigenvalue weighted by molar-refractivity contribution is 7.89. The summed E-state index contributed by atoms with van der Waals surface area (Å²) in [5.74, 6) is 0.800. The van der Waals surface area contributed by atoms with Gasteiger partial charge >= 0.3 is 7.12 Å². The van der Waals surface area contributed by atoms with E-state index in [0.29, 0.717) is 13.1 Å². The number of nitrogens with zero attached hydrogens (tertiary/aromatic N) is 1. The first kappa shape index (κ1) is 23.1. The summed E-state index contributed by atoms with van der Waals surface area (Å²) in [6.07, 6.45) is 6.35. The molecule has 3 fully saturated rings. The predicted octanol–water partition coefficient (Wildman–Crippen LogP) is 3.49. The Morgan fingerprint density at radius 3 is 2.00 bits per heavy atom. The van der Waals surface area contributed by atoms with E-state index in [0.717, 1.165) is 56.2 Å². The number of hydrogen-bond donors (Lipinski definition) is 0. The van der Waals surface area contributed by atoms with Crippen molar-refractivity contribution in [3.8, 4) is 5.75 Å². The molecule has 3 aliphatic rings. The van der Waals surface area contributed by atoms with Gasteiger partial charge in [-0.05, 0) is 71.0 Å². The first-order valence-electron chi connectivity index (χ1n) is 11.7. The van der Waals surface area contributed by atoms with E-state index in [1.54, 1.807) is 4.31 Å². The minimum atomic E-state index is -3.17. The number of sulfonamides is 1. The fourth-order valence-electron chi connectivity index (χ4n) is 4.65. The van der Waals surface area contributed by atoms with Crippen LogP contribution in [0.3, 0.4) is 0 Å². The average molecular weight is 449 g/mol. The third kappa shape index (κ3) is 4.82. The SMILES string of the molecule is CC1(C)OB(c2ccc(OC3CCN(S(=O)(=O)C4CCCCC4)CC3)cc2)OC1(C)C. The normalized spacial score (nSPS) is 25.6. The Morgan fingerprint density at radius 1 is 0.903 bits per heavy atom. The largest absolute Gasteiger partial charge is 0.494 e. The smallest absolute Gasteiger partial charge is 0.490 e. The second kappa shape index (κ2) is 8.69. The molecule has 0 aromatic heterocycles. The second-order valence-electron chi connectivity index (χ2n) is 10.2. The van der Waals surface area contributed by atoms with E-state index in [4.69, 9.17) is 14.0 Å². The summed E-state index contributed by atoms with van der Waals surface area (Å²) in [6, 6.07) is 7.87. The first-order valence-corrected chi connectivity index (χ1v) is 13.2. The molecule has 2 saturated heterocycles. The molecule has 2 aliphatic heterocycles. The molecule has 4 rings (SSSR count). The molecule has 0 N–H and O–H groups in total. The van der Waals surface area contributed by atoms with Gasteiger partial charge in [-0.1, -0.05) is 31.4 Å². The maximum absolute atomic E-state index is 12.9. The Kier molecular flexibility index (Phi) is 6.47. The molecule has 1 aromatic rings. The Bertz CT molecular complexity index is 840. The van der Waals surface area contributed by atoms with Crippen molar-refractivity contribution in [3.05, 3.63) is 24.3 Å². The van der Waals surface area contributed by atoms with Crippen LogP contribution in [0.1, 0.15) is 72.6 Å². The summed E-state index contributed by atoms with van der Waals surface area (Å²) in [6.45, 7) is 9.29. The second-order valence-corrected chi connectivity index (χ2v) is 12.4. The van der Waals surface area contributed by atoms with E-state index in [-0.39, 0.29) is 29.7 Å². The zero-order chi connectivity index (χ0) is 22.3. The molecular weight excluding hydrogens is 413 g/mol. The van der Waals surface area contributed by atoms with Crippen LogP contribution in [0, 0.1) is 0 Å². The highest BCUT2D eigenvalue weighted by atomic mass is 32.2. The van der Waals surface area contributed by atoms with Crippen LogP contribution in [-0.2, 0) is 19.3 Å². The molecule has 0 amide bonds. The van der Waals surface area contributed by atoms with Crippen LogP contribution in [0.4, 0.5) is 0 Å². The minimum absolute atomic E-state index is 0.0421. The summed E-state index contributed by atoms with van der Waals surface area (Å²) in [7, 11) is -3.55. The van der Waals surface area contributed by atoms with Gasteiger partial charge in [0.05, 0.1) is 16.5 Å². The van der Waals surface area contributed by atoms with Gasteiger partial charge in [-0.2, -0.15) is 0 Å². The summed E-state index contributed by atoms with van der Waals surface area (Å²) in [5, 5.41) is -0.179. The van der Waals surface area contributed by atoms with E-state index in [1.807, 2.05) is 52.0 Å². The molecule has 0 atom stereocenters. The lowest BCUT2D eigenvalue weighted by Crippen LogP contribution is -2.46. The van der Waals surface area contributed by atoms with Gasteiger partial charge in [0, 0.05) is 13.1 Å². The quantitative estimate of drug-likeness (QED) is 0.644. The van der Waals surface area contributed by atoms with Crippen molar-refractivity contribution < 1.29 is 22.5 Å². The van der Waals surface area contributed by atoms with Crippen molar-refractivity contribution in [2.24, 2.45) is 0 Å².